The van der Waals surface area contributed by atoms with Gasteiger partial charge < -0.3 is 4.90 Å². The maximum Gasteiger partial charge on any atom is 0.245 e. The second-order valence-corrected chi connectivity index (χ2v) is 4.06. The standard InChI is InChI=1S/C11H19NO/c1-4-9(3)6-10-7-12(8-10)11(13)5-2/h5,9-10H,2,4,6-8H2,1,3H3. The van der Waals surface area contributed by atoms with Crippen molar-refractivity contribution in [2.45, 2.75) is 26.7 Å². The monoisotopic (exact) mass is 181 g/mol. The van der Waals surface area contributed by atoms with Crippen LogP contribution in [0.25, 0.3) is 0 Å². The summed E-state index contributed by atoms with van der Waals surface area (Å²) in [5.41, 5.74) is 0. The maximum atomic E-state index is 11.1. The number of rotatable bonds is 4. The first-order valence-electron chi connectivity index (χ1n) is 5.08. The van der Waals surface area contributed by atoms with E-state index in [4.69, 9.17) is 0 Å². The molecule has 13 heavy (non-hydrogen) atoms. The van der Waals surface area contributed by atoms with Crippen LogP contribution in [0.5, 0.6) is 0 Å². The Hall–Kier alpha value is -0.790. The lowest BCUT2D eigenvalue weighted by atomic mass is 9.88. The van der Waals surface area contributed by atoms with Crippen molar-refractivity contribution >= 4 is 5.91 Å². The molecule has 1 saturated heterocycles. The Kier molecular flexibility index (Phi) is 3.52. The zero-order valence-corrected chi connectivity index (χ0v) is 8.62. The second-order valence-electron chi connectivity index (χ2n) is 4.06. The number of nitrogens with zero attached hydrogens (tertiary/aromatic N) is 1. The molecule has 2 nitrogen and oxygen atoms in total. The van der Waals surface area contributed by atoms with E-state index in [1.54, 1.807) is 0 Å². The molecular formula is C11H19NO. The summed E-state index contributed by atoms with van der Waals surface area (Å²) in [5.74, 6) is 1.62. The van der Waals surface area contributed by atoms with Crippen molar-refractivity contribution in [3.63, 3.8) is 0 Å². The molecule has 1 rings (SSSR count). The average Bonchev–Trinajstić information content (AvgIpc) is 2.08. The molecule has 1 aliphatic heterocycles. The molecule has 0 N–H and O–H groups in total. The SMILES string of the molecule is C=CC(=O)N1CC(CC(C)CC)C1. The van der Waals surface area contributed by atoms with Crippen LogP contribution in [0.15, 0.2) is 12.7 Å². The molecule has 0 radical (unpaired) electrons. The van der Waals surface area contributed by atoms with Gasteiger partial charge in [-0.05, 0) is 24.3 Å². The van der Waals surface area contributed by atoms with Crippen LogP contribution in [0, 0.1) is 11.8 Å². The molecule has 0 aromatic carbocycles. The Morgan fingerprint density at radius 2 is 2.31 bits per heavy atom. The van der Waals surface area contributed by atoms with E-state index in [1.165, 1.54) is 18.9 Å². The zero-order valence-electron chi connectivity index (χ0n) is 8.62. The molecule has 0 aromatic rings. The van der Waals surface area contributed by atoms with Gasteiger partial charge in [-0.1, -0.05) is 26.8 Å². The molecule has 0 aliphatic carbocycles. The average molecular weight is 181 g/mol. The lowest BCUT2D eigenvalue weighted by Crippen LogP contribution is -2.49. The Morgan fingerprint density at radius 3 is 2.77 bits per heavy atom. The van der Waals surface area contributed by atoms with Crippen molar-refractivity contribution < 1.29 is 4.79 Å². The van der Waals surface area contributed by atoms with Crippen LogP contribution in [-0.2, 0) is 4.79 Å². The first kappa shape index (κ1) is 10.3. The summed E-state index contributed by atoms with van der Waals surface area (Å²) in [7, 11) is 0. The number of likely N-dealkylation sites (tertiary alicyclic amines) is 1. The van der Waals surface area contributed by atoms with E-state index in [9.17, 15) is 4.79 Å². The minimum absolute atomic E-state index is 0.0837. The fraction of sp³-hybridized carbons (Fsp3) is 0.727. The van der Waals surface area contributed by atoms with Crippen LogP contribution in [0.4, 0.5) is 0 Å². The predicted molar refractivity (Wildman–Crippen MR) is 54.3 cm³/mol. The number of carbonyl (C=O) groups excluding carboxylic acids is 1. The lowest BCUT2D eigenvalue weighted by Gasteiger charge is -2.39. The van der Waals surface area contributed by atoms with Crippen molar-refractivity contribution in [2.75, 3.05) is 13.1 Å². The highest BCUT2D eigenvalue weighted by molar-refractivity contribution is 5.87. The van der Waals surface area contributed by atoms with Gasteiger partial charge in [0.05, 0.1) is 0 Å². The molecule has 0 bridgehead atoms. The molecule has 1 aliphatic rings. The van der Waals surface area contributed by atoms with Crippen LogP contribution in [0.2, 0.25) is 0 Å². The summed E-state index contributed by atoms with van der Waals surface area (Å²) >= 11 is 0. The third-order valence-electron chi connectivity index (χ3n) is 2.88. The van der Waals surface area contributed by atoms with Gasteiger partial charge in [0.2, 0.25) is 5.91 Å². The van der Waals surface area contributed by atoms with E-state index in [1.807, 2.05) is 4.90 Å². The second kappa shape index (κ2) is 4.45. The third kappa shape index (κ3) is 2.58. The van der Waals surface area contributed by atoms with E-state index in [-0.39, 0.29) is 5.91 Å². The van der Waals surface area contributed by atoms with Crippen LogP contribution in [0.3, 0.4) is 0 Å². The van der Waals surface area contributed by atoms with Crippen molar-refractivity contribution in [2.24, 2.45) is 11.8 Å². The van der Waals surface area contributed by atoms with Crippen LogP contribution >= 0.6 is 0 Å². The summed E-state index contributed by atoms with van der Waals surface area (Å²) in [6, 6.07) is 0. The van der Waals surface area contributed by atoms with Crippen molar-refractivity contribution in [3.05, 3.63) is 12.7 Å². The highest BCUT2D eigenvalue weighted by Crippen LogP contribution is 2.24. The smallest absolute Gasteiger partial charge is 0.245 e. The minimum Gasteiger partial charge on any atom is -0.338 e. The van der Waals surface area contributed by atoms with Crippen LogP contribution in [-0.4, -0.2) is 23.9 Å². The molecule has 1 atom stereocenters. The predicted octanol–water partition coefficient (Wildman–Crippen LogP) is 2.07. The van der Waals surface area contributed by atoms with E-state index < -0.39 is 0 Å². The maximum absolute atomic E-state index is 11.1. The Labute approximate surface area is 80.6 Å². The van der Waals surface area contributed by atoms with Gasteiger partial charge in [0.15, 0.2) is 0 Å². The van der Waals surface area contributed by atoms with Gasteiger partial charge in [0.1, 0.15) is 0 Å². The molecule has 0 spiro atoms. The number of hydrogen-bond donors (Lipinski definition) is 0. The topological polar surface area (TPSA) is 20.3 Å². The Bertz CT molecular complexity index is 194. The van der Waals surface area contributed by atoms with E-state index in [2.05, 4.69) is 20.4 Å². The van der Waals surface area contributed by atoms with Gasteiger partial charge in [0.25, 0.3) is 0 Å². The summed E-state index contributed by atoms with van der Waals surface area (Å²) in [5, 5.41) is 0. The van der Waals surface area contributed by atoms with Gasteiger partial charge in [0, 0.05) is 13.1 Å². The number of carbonyl (C=O) groups is 1. The molecule has 2 heteroatoms. The summed E-state index contributed by atoms with van der Waals surface area (Å²) < 4.78 is 0. The lowest BCUT2D eigenvalue weighted by molar-refractivity contribution is -0.132. The largest absolute Gasteiger partial charge is 0.338 e. The summed E-state index contributed by atoms with van der Waals surface area (Å²) in [6.07, 6.45) is 3.91. The van der Waals surface area contributed by atoms with E-state index >= 15 is 0 Å². The van der Waals surface area contributed by atoms with Crippen molar-refractivity contribution in [1.29, 1.82) is 0 Å². The fourth-order valence-electron chi connectivity index (χ4n) is 1.76. The van der Waals surface area contributed by atoms with Crippen molar-refractivity contribution in [1.82, 2.24) is 4.90 Å². The van der Waals surface area contributed by atoms with Gasteiger partial charge in [-0.2, -0.15) is 0 Å². The Balaban J connectivity index is 2.18. The zero-order chi connectivity index (χ0) is 9.84. The quantitative estimate of drug-likeness (QED) is 0.608. The van der Waals surface area contributed by atoms with Gasteiger partial charge >= 0.3 is 0 Å². The minimum atomic E-state index is 0.0837. The van der Waals surface area contributed by atoms with Crippen molar-refractivity contribution in [3.8, 4) is 0 Å². The molecule has 1 heterocycles. The first-order chi connectivity index (χ1) is 6.17. The van der Waals surface area contributed by atoms with E-state index in [0.29, 0.717) is 0 Å². The summed E-state index contributed by atoms with van der Waals surface area (Å²) in [6.45, 7) is 9.85. The molecule has 1 unspecified atom stereocenters. The van der Waals surface area contributed by atoms with Gasteiger partial charge in [-0.15, -0.1) is 0 Å². The summed E-state index contributed by atoms with van der Waals surface area (Å²) in [4.78, 5) is 13.0. The van der Waals surface area contributed by atoms with Gasteiger partial charge in [-0.3, -0.25) is 4.79 Å². The Morgan fingerprint density at radius 1 is 1.69 bits per heavy atom. The van der Waals surface area contributed by atoms with Gasteiger partial charge in [-0.25, -0.2) is 0 Å². The molecule has 1 amide bonds. The molecular weight excluding hydrogens is 162 g/mol. The highest BCUT2D eigenvalue weighted by Gasteiger charge is 2.29. The first-order valence-corrected chi connectivity index (χ1v) is 5.08. The molecule has 74 valence electrons. The normalized spacial score (nSPS) is 19.4. The number of amides is 1. The molecule has 0 saturated carbocycles. The van der Waals surface area contributed by atoms with Crippen LogP contribution in [0.1, 0.15) is 26.7 Å². The molecule has 0 aromatic heterocycles. The van der Waals surface area contributed by atoms with E-state index in [0.717, 1.165) is 24.9 Å². The highest BCUT2D eigenvalue weighted by atomic mass is 16.2. The number of hydrogen-bond acceptors (Lipinski definition) is 1. The third-order valence-corrected chi connectivity index (χ3v) is 2.88. The molecule has 1 fully saturated rings. The fourth-order valence-corrected chi connectivity index (χ4v) is 1.76. The van der Waals surface area contributed by atoms with Crippen LogP contribution < -0.4 is 0 Å².